The normalized spacial score (nSPS) is 18.9. The van der Waals surface area contributed by atoms with Crippen LogP contribution in [0.3, 0.4) is 0 Å². The highest BCUT2D eigenvalue weighted by atomic mass is 14.4. The van der Waals surface area contributed by atoms with E-state index in [9.17, 15) is 0 Å². The van der Waals surface area contributed by atoms with Crippen molar-refractivity contribution >= 4 is 0 Å². The van der Waals surface area contributed by atoms with Gasteiger partial charge in [0, 0.05) is 0 Å². The lowest BCUT2D eigenvalue weighted by atomic mass is 9.67. The Morgan fingerprint density at radius 3 is 1.91 bits per heavy atom. The number of benzene rings is 1. The van der Waals surface area contributed by atoms with E-state index in [2.05, 4.69) is 106 Å². The van der Waals surface area contributed by atoms with Crippen LogP contribution in [0.5, 0.6) is 0 Å². The van der Waals surface area contributed by atoms with Gasteiger partial charge in [-0.05, 0) is 92.4 Å². The Labute approximate surface area is 214 Å². The molecule has 0 aromatic heterocycles. The van der Waals surface area contributed by atoms with Gasteiger partial charge in [-0.25, -0.2) is 0 Å². The molecular formula is C34H58. The first kappa shape index (κ1) is 30.7. The zero-order valence-electron chi connectivity index (χ0n) is 24.6. The van der Waals surface area contributed by atoms with Gasteiger partial charge < -0.3 is 0 Å². The van der Waals surface area contributed by atoms with Crippen LogP contribution >= 0.6 is 0 Å². The summed E-state index contributed by atoms with van der Waals surface area (Å²) in [7, 11) is 0. The van der Waals surface area contributed by atoms with Crippen molar-refractivity contribution in [3.63, 3.8) is 0 Å². The highest BCUT2D eigenvalue weighted by molar-refractivity contribution is 5.20. The smallest absolute Gasteiger partial charge is 0.0162 e. The quantitative estimate of drug-likeness (QED) is 0.212. The molecule has 0 radical (unpaired) electrons. The van der Waals surface area contributed by atoms with Crippen molar-refractivity contribution in [1.29, 1.82) is 0 Å². The van der Waals surface area contributed by atoms with Crippen LogP contribution in [0.15, 0.2) is 53.6 Å². The second kappa shape index (κ2) is 15.6. The van der Waals surface area contributed by atoms with Crippen LogP contribution in [-0.2, 0) is 0 Å². The van der Waals surface area contributed by atoms with E-state index in [4.69, 9.17) is 0 Å². The van der Waals surface area contributed by atoms with E-state index in [1.807, 2.05) is 0 Å². The number of unbranched alkanes of at least 4 members (excludes halogenated alkanes) is 1. The van der Waals surface area contributed by atoms with Gasteiger partial charge in [-0.15, -0.1) is 0 Å². The van der Waals surface area contributed by atoms with Gasteiger partial charge in [0.15, 0.2) is 0 Å². The predicted octanol–water partition coefficient (Wildman–Crippen LogP) is 11.2. The number of hydrogen-bond donors (Lipinski definition) is 0. The first-order valence-electron chi connectivity index (χ1n) is 14.5. The molecule has 0 heteroatoms. The lowest BCUT2D eigenvalue weighted by molar-refractivity contribution is 0.175. The van der Waals surface area contributed by atoms with Crippen LogP contribution in [0, 0.1) is 35.5 Å². The van der Waals surface area contributed by atoms with E-state index < -0.39 is 0 Å². The van der Waals surface area contributed by atoms with Crippen LogP contribution in [0.2, 0.25) is 0 Å². The molecule has 194 valence electrons. The minimum Gasteiger partial charge on any atom is -0.0993 e. The van der Waals surface area contributed by atoms with E-state index in [0.29, 0.717) is 41.4 Å². The molecule has 0 heterocycles. The molecule has 1 rings (SSSR count). The van der Waals surface area contributed by atoms with Crippen LogP contribution in [-0.4, -0.2) is 0 Å². The van der Waals surface area contributed by atoms with Crippen molar-refractivity contribution in [2.75, 3.05) is 0 Å². The summed E-state index contributed by atoms with van der Waals surface area (Å²) in [6, 6.07) is 11.2. The van der Waals surface area contributed by atoms with Gasteiger partial charge in [-0.3, -0.25) is 0 Å². The molecule has 0 fully saturated rings. The highest BCUT2D eigenvalue weighted by Crippen LogP contribution is 2.42. The topological polar surface area (TPSA) is 0 Å². The molecule has 0 aliphatic heterocycles. The fraction of sp³-hybridized carbons (Fsp3) is 0.706. The third-order valence-corrected chi connectivity index (χ3v) is 9.49. The van der Waals surface area contributed by atoms with Crippen LogP contribution in [0.25, 0.3) is 0 Å². The summed E-state index contributed by atoms with van der Waals surface area (Å²) in [5, 5.41) is 0. The monoisotopic (exact) mass is 466 g/mol. The standard InChI is InChI=1S/C34H58/c1-12-15-21-33(25(5)14-3)26(6)22-23-34(30(10)28(8)27(7)24(4)13-2)31(11)29(9)32-19-17-16-18-20-32/h16-20,24-25,28-31,34H,7,12-15,21-23H2,1-6,8-11H3. The Morgan fingerprint density at radius 2 is 1.38 bits per heavy atom. The molecular weight excluding hydrogens is 408 g/mol. The molecule has 1 aromatic rings. The second-order valence-electron chi connectivity index (χ2n) is 11.5. The minimum atomic E-state index is 0.559. The molecule has 0 amide bonds. The molecule has 0 N–H and O–H groups in total. The van der Waals surface area contributed by atoms with Crippen molar-refractivity contribution in [1.82, 2.24) is 0 Å². The Bertz CT molecular complexity index is 724. The van der Waals surface area contributed by atoms with E-state index >= 15 is 0 Å². The van der Waals surface area contributed by atoms with Crippen LogP contribution < -0.4 is 0 Å². The summed E-state index contributed by atoms with van der Waals surface area (Å²) in [6.45, 7) is 28.7. The Balaban J connectivity index is 3.22. The van der Waals surface area contributed by atoms with Crippen LogP contribution in [0.1, 0.15) is 126 Å². The fourth-order valence-corrected chi connectivity index (χ4v) is 5.89. The summed E-state index contributed by atoms with van der Waals surface area (Å²) in [5.74, 6) is 4.41. The highest BCUT2D eigenvalue weighted by Gasteiger charge is 2.32. The maximum absolute atomic E-state index is 4.57. The van der Waals surface area contributed by atoms with Crippen LogP contribution in [0.4, 0.5) is 0 Å². The summed E-state index contributed by atoms with van der Waals surface area (Å²) >= 11 is 0. The van der Waals surface area contributed by atoms with Crippen molar-refractivity contribution in [2.24, 2.45) is 35.5 Å². The van der Waals surface area contributed by atoms with Crippen molar-refractivity contribution in [3.05, 3.63) is 59.2 Å². The summed E-state index contributed by atoms with van der Waals surface area (Å²) in [4.78, 5) is 0. The van der Waals surface area contributed by atoms with Crippen molar-refractivity contribution in [3.8, 4) is 0 Å². The summed E-state index contributed by atoms with van der Waals surface area (Å²) < 4.78 is 0. The molecule has 0 nitrogen and oxygen atoms in total. The molecule has 0 saturated carbocycles. The molecule has 0 bridgehead atoms. The van der Waals surface area contributed by atoms with Gasteiger partial charge in [0.2, 0.25) is 0 Å². The SMILES string of the molecule is C=C(C(C)CC)C(C)C(C)C(CCC(C)=C(CCCC)C(C)CC)C(C)C(C)c1ccccc1. The molecule has 0 saturated heterocycles. The fourth-order valence-electron chi connectivity index (χ4n) is 5.89. The van der Waals surface area contributed by atoms with Crippen molar-refractivity contribution < 1.29 is 0 Å². The molecule has 0 aliphatic carbocycles. The predicted molar refractivity (Wildman–Crippen MR) is 155 cm³/mol. The summed E-state index contributed by atoms with van der Waals surface area (Å²) in [6.07, 6.45) is 8.87. The number of hydrogen-bond acceptors (Lipinski definition) is 0. The first-order chi connectivity index (χ1) is 16.1. The van der Waals surface area contributed by atoms with Gasteiger partial charge in [0.05, 0.1) is 0 Å². The average Bonchev–Trinajstić information content (AvgIpc) is 2.86. The molecule has 7 atom stereocenters. The van der Waals surface area contributed by atoms with Gasteiger partial charge in [0.25, 0.3) is 0 Å². The molecule has 34 heavy (non-hydrogen) atoms. The largest absolute Gasteiger partial charge is 0.0993 e. The third-order valence-electron chi connectivity index (χ3n) is 9.49. The van der Waals surface area contributed by atoms with Gasteiger partial charge in [-0.1, -0.05) is 122 Å². The Hall–Kier alpha value is -1.30. The molecule has 0 spiro atoms. The third kappa shape index (κ3) is 8.73. The van der Waals surface area contributed by atoms with Gasteiger partial charge in [-0.2, -0.15) is 0 Å². The maximum atomic E-state index is 4.57. The lowest BCUT2D eigenvalue weighted by Gasteiger charge is -2.38. The number of allylic oxidation sites excluding steroid dienone is 3. The van der Waals surface area contributed by atoms with E-state index in [1.54, 1.807) is 11.1 Å². The van der Waals surface area contributed by atoms with Crippen molar-refractivity contribution in [2.45, 2.75) is 120 Å². The minimum absolute atomic E-state index is 0.559. The maximum Gasteiger partial charge on any atom is -0.0162 e. The lowest BCUT2D eigenvalue weighted by Crippen LogP contribution is -2.29. The van der Waals surface area contributed by atoms with Gasteiger partial charge in [0.1, 0.15) is 0 Å². The molecule has 1 aromatic carbocycles. The zero-order chi connectivity index (χ0) is 25.8. The average molecular weight is 467 g/mol. The van der Waals surface area contributed by atoms with Gasteiger partial charge >= 0.3 is 0 Å². The molecule has 0 aliphatic rings. The Kier molecular flexibility index (Phi) is 14.1. The number of rotatable bonds is 16. The first-order valence-corrected chi connectivity index (χ1v) is 14.5. The zero-order valence-corrected chi connectivity index (χ0v) is 24.6. The summed E-state index contributed by atoms with van der Waals surface area (Å²) in [5.41, 5.74) is 6.36. The van der Waals surface area contributed by atoms with E-state index in [0.717, 1.165) is 0 Å². The Morgan fingerprint density at radius 1 is 0.794 bits per heavy atom. The van der Waals surface area contributed by atoms with E-state index in [1.165, 1.54) is 56.1 Å². The second-order valence-corrected chi connectivity index (χ2v) is 11.5. The molecule has 7 unspecified atom stereocenters. The van der Waals surface area contributed by atoms with E-state index in [-0.39, 0.29) is 0 Å².